The molecule has 0 fully saturated rings. The summed E-state index contributed by atoms with van der Waals surface area (Å²) in [7, 11) is 0. The Morgan fingerprint density at radius 3 is 1.85 bits per heavy atom. The summed E-state index contributed by atoms with van der Waals surface area (Å²) in [6, 6.07) is 24.4. The summed E-state index contributed by atoms with van der Waals surface area (Å²) in [5.74, 6) is -1.06. The van der Waals surface area contributed by atoms with E-state index in [1.165, 1.54) is 0 Å². The number of hydrogen-bond donors (Lipinski definition) is 6. The lowest BCUT2D eigenvalue weighted by Gasteiger charge is -2.23. The fourth-order valence-electron chi connectivity index (χ4n) is 4.28. The molecule has 0 aliphatic carbocycles. The fraction of sp³-hybridized carbons (Fsp3) is 0.323. The van der Waals surface area contributed by atoms with Gasteiger partial charge in [0.2, 0.25) is 11.8 Å². The number of phenolic OH excluding ortho intramolecular Hbond substituents is 1. The van der Waals surface area contributed by atoms with Gasteiger partial charge in [0.05, 0.1) is 5.92 Å². The molecular weight excluding hydrogens is 506 g/mol. The Labute approximate surface area is 235 Å². The van der Waals surface area contributed by atoms with Gasteiger partial charge in [0.1, 0.15) is 11.8 Å². The Bertz CT molecular complexity index is 1150. The summed E-state index contributed by atoms with van der Waals surface area (Å²) in [6.45, 7) is 1.72. The predicted octanol–water partition coefficient (Wildman–Crippen LogP) is 3.14. The van der Waals surface area contributed by atoms with Crippen molar-refractivity contribution in [1.29, 1.82) is 0 Å². The smallest absolute Gasteiger partial charge is 0.314 e. The minimum atomic E-state index is -0.811. The van der Waals surface area contributed by atoms with Crippen LogP contribution >= 0.6 is 0 Å². The minimum absolute atomic E-state index is 0.143. The van der Waals surface area contributed by atoms with Crippen LogP contribution in [-0.2, 0) is 16.1 Å². The summed E-state index contributed by atoms with van der Waals surface area (Å²) in [5.41, 5.74) is 7.93. The SMILES string of the molecule is NCCCCNC(=O)NCCC[C@@H](NC(=O)C(c1ccccc1)c1ccccc1)C(=O)NCc1ccc(O)cc1. The molecule has 40 heavy (non-hydrogen) atoms. The topological polar surface area (TPSA) is 146 Å². The largest absolute Gasteiger partial charge is 0.508 e. The molecule has 3 aromatic rings. The maximum atomic E-state index is 13.7. The molecule has 9 heteroatoms. The van der Waals surface area contributed by atoms with Crippen LogP contribution in [0.4, 0.5) is 4.79 Å². The van der Waals surface area contributed by atoms with Crippen LogP contribution in [0.2, 0.25) is 0 Å². The number of rotatable bonds is 15. The van der Waals surface area contributed by atoms with Crippen LogP contribution in [0.25, 0.3) is 0 Å². The molecule has 7 N–H and O–H groups in total. The van der Waals surface area contributed by atoms with Gasteiger partial charge in [-0.25, -0.2) is 4.79 Å². The van der Waals surface area contributed by atoms with Crippen LogP contribution in [0.5, 0.6) is 5.75 Å². The summed E-state index contributed by atoms with van der Waals surface area (Å²) in [4.78, 5) is 39.0. The van der Waals surface area contributed by atoms with E-state index in [0.717, 1.165) is 29.5 Å². The predicted molar refractivity (Wildman–Crippen MR) is 156 cm³/mol. The molecular formula is C31H39N5O4. The summed E-state index contributed by atoms with van der Waals surface area (Å²) >= 11 is 0. The van der Waals surface area contributed by atoms with Crippen LogP contribution in [0, 0.1) is 0 Å². The summed E-state index contributed by atoms with van der Waals surface area (Å²) < 4.78 is 0. The summed E-state index contributed by atoms with van der Waals surface area (Å²) in [5, 5.41) is 20.9. The third kappa shape index (κ3) is 10.1. The molecule has 1 atom stereocenters. The number of carbonyl (C=O) groups excluding carboxylic acids is 3. The third-order valence-corrected chi connectivity index (χ3v) is 6.44. The first-order chi connectivity index (χ1) is 19.5. The van der Waals surface area contributed by atoms with E-state index in [-0.39, 0.29) is 30.1 Å². The van der Waals surface area contributed by atoms with E-state index in [9.17, 15) is 19.5 Å². The number of aromatic hydroxyl groups is 1. The average Bonchev–Trinajstić information content (AvgIpc) is 2.97. The van der Waals surface area contributed by atoms with E-state index in [1.807, 2.05) is 60.7 Å². The van der Waals surface area contributed by atoms with Crippen LogP contribution in [-0.4, -0.2) is 48.6 Å². The molecule has 4 amide bonds. The highest BCUT2D eigenvalue weighted by Gasteiger charge is 2.27. The van der Waals surface area contributed by atoms with Gasteiger partial charge in [-0.15, -0.1) is 0 Å². The van der Waals surface area contributed by atoms with Crippen molar-refractivity contribution in [2.24, 2.45) is 5.73 Å². The number of unbranched alkanes of at least 4 members (excludes halogenated alkanes) is 1. The quantitative estimate of drug-likeness (QED) is 0.163. The number of hydrogen-bond acceptors (Lipinski definition) is 5. The van der Waals surface area contributed by atoms with Crippen molar-refractivity contribution in [1.82, 2.24) is 21.3 Å². The molecule has 0 aromatic heterocycles. The molecule has 0 radical (unpaired) electrons. The first-order valence-corrected chi connectivity index (χ1v) is 13.7. The first-order valence-electron chi connectivity index (χ1n) is 13.7. The monoisotopic (exact) mass is 545 g/mol. The molecule has 3 rings (SSSR count). The fourth-order valence-corrected chi connectivity index (χ4v) is 4.28. The molecule has 212 valence electrons. The van der Waals surface area contributed by atoms with Gasteiger partial charge in [-0.1, -0.05) is 72.8 Å². The number of nitrogens with two attached hydrogens (primary N) is 1. The molecule has 0 saturated heterocycles. The standard InChI is InChI=1S/C31H39N5O4/c32-19-7-8-20-33-31(40)34-21-9-14-27(29(38)35-22-23-15-17-26(37)18-16-23)36-30(39)28(24-10-3-1-4-11-24)25-12-5-2-6-13-25/h1-6,10-13,15-18,27-28,37H,7-9,14,19-22,32H2,(H,35,38)(H,36,39)(H2,33,34,40)/t27-/m1/s1. The van der Waals surface area contributed by atoms with E-state index in [1.54, 1.807) is 24.3 Å². The number of carbonyl (C=O) groups is 3. The van der Waals surface area contributed by atoms with Crippen molar-refractivity contribution < 1.29 is 19.5 Å². The van der Waals surface area contributed by atoms with Crippen molar-refractivity contribution in [3.8, 4) is 5.75 Å². The Hall–Kier alpha value is -4.37. The Balaban J connectivity index is 1.67. The van der Waals surface area contributed by atoms with E-state index in [0.29, 0.717) is 32.5 Å². The second-order valence-electron chi connectivity index (χ2n) is 9.52. The van der Waals surface area contributed by atoms with Crippen LogP contribution in [0.1, 0.15) is 48.3 Å². The van der Waals surface area contributed by atoms with Gasteiger partial charge in [0.25, 0.3) is 0 Å². The van der Waals surface area contributed by atoms with Gasteiger partial charge in [-0.2, -0.15) is 0 Å². The van der Waals surface area contributed by atoms with Crippen LogP contribution in [0.15, 0.2) is 84.9 Å². The molecule has 0 saturated carbocycles. The van der Waals surface area contributed by atoms with Crippen molar-refractivity contribution in [2.75, 3.05) is 19.6 Å². The van der Waals surface area contributed by atoms with Crippen LogP contribution in [0.3, 0.4) is 0 Å². The molecule has 0 heterocycles. The molecule has 0 bridgehead atoms. The van der Waals surface area contributed by atoms with Gasteiger partial charge in [-0.3, -0.25) is 9.59 Å². The van der Waals surface area contributed by atoms with Crippen molar-refractivity contribution in [3.63, 3.8) is 0 Å². The molecule has 3 aromatic carbocycles. The Kier molecular flexibility index (Phi) is 12.5. The zero-order chi connectivity index (χ0) is 28.6. The normalized spacial score (nSPS) is 11.4. The zero-order valence-electron chi connectivity index (χ0n) is 22.6. The molecule has 0 spiro atoms. The maximum absolute atomic E-state index is 13.7. The second kappa shape index (κ2) is 16.6. The first kappa shape index (κ1) is 30.2. The molecule has 0 aliphatic heterocycles. The lowest BCUT2D eigenvalue weighted by Crippen LogP contribution is -2.48. The molecule has 9 nitrogen and oxygen atoms in total. The number of phenols is 1. The Morgan fingerprint density at radius 2 is 1.27 bits per heavy atom. The van der Waals surface area contributed by atoms with E-state index in [2.05, 4.69) is 21.3 Å². The number of urea groups is 1. The lowest BCUT2D eigenvalue weighted by molar-refractivity contribution is -0.129. The highest BCUT2D eigenvalue weighted by Crippen LogP contribution is 2.25. The van der Waals surface area contributed by atoms with Gasteiger partial charge in [-0.05, 0) is 61.1 Å². The van der Waals surface area contributed by atoms with Crippen molar-refractivity contribution >= 4 is 17.8 Å². The molecule has 0 aliphatic rings. The minimum Gasteiger partial charge on any atom is -0.508 e. The molecule has 0 unspecified atom stereocenters. The van der Waals surface area contributed by atoms with Crippen molar-refractivity contribution in [3.05, 3.63) is 102 Å². The van der Waals surface area contributed by atoms with Gasteiger partial charge in [0.15, 0.2) is 0 Å². The van der Waals surface area contributed by atoms with E-state index in [4.69, 9.17) is 5.73 Å². The third-order valence-electron chi connectivity index (χ3n) is 6.44. The maximum Gasteiger partial charge on any atom is 0.314 e. The number of amides is 4. The van der Waals surface area contributed by atoms with Gasteiger partial charge >= 0.3 is 6.03 Å². The number of benzene rings is 3. The summed E-state index contributed by atoms with van der Waals surface area (Å²) in [6.07, 6.45) is 2.46. The highest BCUT2D eigenvalue weighted by atomic mass is 16.3. The van der Waals surface area contributed by atoms with Gasteiger partial charge in [0, 0.05) is 19.6 Å². The highest BCUT2D eigenvalue weighted by molar-refractivity contribution is 5.92. The average molecular weight is 546 g/mol. The van der Waals surface area contributed by atoms with E-state index < -0.39 is 12.0 Å². The van der Waals surface area contributed by atoms with E-state index >= 15 is 0 Å². The number of nitrogens with one attached hydrogen (secondary N) is 4. The van der Waals surface area contributed by atoms with Crippen LogP contribution < -0.4 is 27.0 Å². The van der Waals surface area contributed by atoms with Gasteiger partial charge < -0.3 is 32.1 Å². The lowest BCUT2D eigenvalue weighted by atomic mass is 9.90. The second-order valence-corrected chi connectivity index (χ2v) is 9.52. The zero-order valence-corrected chi connectivity index (χ0v) is 22.6. The Morgan fingerprint density at radius 1 is 0.700 bits per heavy atom. The van der Waals surface area contributed by atoms with Crippen molar-refractivity contribution in [2.45, 2.75) is 44.2 Å².